The molecule has 1 aromatic carbocycles. The van der Waals surface area contributed by atoms with Gasteiger partial charge in [-0.3, -0.25) is 9.59 Å². The summed E-state index contributed by atoms with van der Waals surface area (Å²) >= 11 is 0. The lowest BCUT2D eigenvalue weighted by Gasteiger charge is -2.22. The SMILES string of the molecule is C=C.C=CCCCCN(C)C(=O)OC(CCOc1cc(-n2ccc(C)n2)nc2cc(OC)ccc12)C(=O)NC1CC1.CC.COC=O. The summed E-state index contributed by atoms with van der Waals surface area (Å²) in [6.07, 6.45) is 6.94. The van der Waals surface area contributed by atoms with E-state index in [0.29, 0.717) is 35.9 Å². The van der Waals surface area contributed by atoms with E-state index in [2.05, 4.69) is 34.9 Å². The van der Waals surface area contributed by atoms with Crippen molar-refractivity contribution >= 4 is 29.4 Å². The van der Waals surface area contributed by atoms with E-state index in [1.54, 1.807) is 18.8 Å². The van der Waals surface area contributed by atoms with Gasteiger partial charge in [0.2, 0.25) is 0 Å². The van der Waals surface area contributed by atoms with Crippen LogP contribution in [0.4, 0.5) is 4.79 Å². The summed E-state index contributed by atoms with van der Waals surface area (Å²) < 4.78 is 22.7. The maximum atomic E-state index is 12.9. The molecule has 1 fully saturated rings. The zero-order chi connectivity index (χ0) is 35.2. The highest BCUT2D eigenvalue weighted by molar-refractivity contribution is 5.87. The monoisotopic (exact) mass is 653 g/mol. The Bertz CT molecular complexity index is 1390. The van der Waals surface area contributed by atoms with Crippen LogP contribution in [0.5, 0.6) is 11.5 Å². The second kappa shape index (κ2) is 22.6. The fourth-order valence-corrected chi connectivity index (χ4v) is 4.05. The molecule has 258 valence electrons. The minimum absolute atomic E-state index is 0.149. The number of pyridine rings is 1. The molecule has 0 bridgehead atoms. The Morgan fingerprint density at radius 1 is 1.15 bits per heavy atom. The number of aromatic nitrogens is 3. The van der Waals surface area contributed by atoms with E-state index >= 15 is 0 Å². The van der Waals surface area contributed by atoms with Crippen LogP contribution in [-0.4, -0.2) is 84.7 Å². The quantitative estimate of drug-likeness (QED) is 0.116. The average Bonchev–Trinajstić information content (AvgIpc) is 3.82. The number of amides is 2. The second-order valence-corrected chi connectivity index (χ2v) is 10.1. The van der Waals surface area contributed by atoms with Crippen LogP contribution in [-0.2, 0) is 19.1 Å². The lowest BCUT2D eigenvalue weighted by atomic mass is 10.2. The van der Waals surface area contributed by atoms with Crippen LogP contribution >= 0.6 is 0 Å². The largest absolute Gasteiger partial charge is 0.497 e. The van der Waals surface area contributed by atoms with Gasteiger partial charge in [0.25, 0.3) is 12.4 Å². The minimum Gasteiger partial charge on any atom is -0.497 e. The molecule has 12 heteroatoms. The molecule has 2 aromatic heterocycles. The fourth-order valence-electron chi connectivity index (χ4n) is 4.05. The lowest BCUT2D eigenvalue weighted by Crippen LogP contribution is -2.42. The summed E-state index contributed by atoms with van der Waals surface area (Å²) in [6.45, 7) is 16.7. The summed E-state index contributed by atoms with van der Waals surface area (Å²) in [5.74, 6) is 1.54. The lowest BCUT2D eigenvalue weighted by molar-refractivity contribution is -0.130. The number of unbranched alkanes of at least 4 members (excludes halogenated alkanes) is 2. The topological polar surface area (TPSA) is 134 Å². The van der Waals surface area contributed by atoms with Crippen LogP contribution in [0.15, 0.2) is 62.3 Å². The first-order valence-electron chi connectivity index (χ1n) is 15.7. The Morgan fingerprint density at radius 2 is 1.85 bits per heavy atom. The number of methoxy groups -OCH3 is 2. The van der Waals surface area contributed by atoms with Crippen molar-refractivity contribution in [2.45, 2.75) is 71.4 Å². The number of rotatable bonds is 15. The van der Waals surface area contributed by atoms with Gasteiger partial charge in [0.1, 0.15) is 11.5 Å². The number of carbonyl (C=O) groups is 3. The van der Waals surface area contributed by atoms with Gasteiger partial charge in [-0.2, -0.15) is 5.10 Å². The molecule has 12 nitrogen and oxygen atoms in total. The van der Waals surface area contributed by atoms with Crippen molar-refractivity contribution in [2.75, 3.05) is 34.4 Å². The summed E-state index contributed by atoms with van der Waals surface area (Å²) in [4.78, 5) is 40.8. The first-order valence-corrected chi connectivity index (χ1v) is 15.7. The molecule has 0 spiro atoms. The number of nitrogens with zero attached hydrogens (tertiary/aromatic N) is 4. The molecule has 2 amide bonds. The molecule has 0 radical (unpaired) electrons. The summed E-state index contributed by atoms with van der Waals surface area (Å²) in [5.41, 5.74) is 1.55. The Morgan fingerprint density at radius 3 is 2.43 bits per heavy atom. The van der Waals surface area contributed by atoms with Gasteiger partial charge in [-0.15, -0.1) is 19.7 Å². The van der Waals surface area contributed by atoms with Crippen molar-refractivity contribution in [1.82, 2.24) is 25.0 Å². The van der Waals surface area contributed by atoms with Crippen LogP contribution in [0.1, 0.15) is 58.1 Å². The maximum Gasteiger partial charge on any atom is 0.410 e. The molecule has 0 aliphatic heterocycles. The number of allylic oxidation sites excluding steroid dienone is 1. The normalized spacial score (nSPS) is 11.9. The maximum absolute atomic E-state index is 12.9. The van der Waals surface area contributed by atoms with E-state index in [9.17, 15) is 9.59 Å². The van der Waals surface area contributed by atoms with Gasteiger partial charge in [-0.1, -0.05) is 19.9 Å². The van der Waals surface area contributed by atoms with E-state index in [-0.39, 0.29) is 25.0 Å². The predicted molar refractivity (Wildman–Crippen MR) is 184 cm³/mol. The van der Waals surface area contributed by atoms with Crippen molar-refractivity contribution < 1.29 is 33.3 Å². The minimum atomic E-state index is -0.963. The highest BCUT2D eigenvalue weighted by atomic mass is 16.6. The molecule has 2 heterocycles. The average molecular weight is 654 g/mol. The third kappa shape index (κ3) is 14.0. The van der Waals surface area contributed by atoms with Crippen molar-refractivity contribution in [3.63, 3.8) is 0 Å². The molecule has 1 aliphatic carbocycles. The Balaban J connectivity index is 0.00000126. The zero-order valence-corrected chi connectivity index (χ0v) is 28.7. The van der Waals surface area contributed by atoms with Gasteiger partial charge < -0.3 is 29.2 Å². The second-order valence-electron chi connectivity index (χ2n) is 10.1. The summed E-state index contributed by atoms with van der Waals surface area (Å²) in [6, 6.07) is 9.41. The Labute approximate surface area is 278 Å². The number of fused-ring (bicyclic) bond motifs is 1. The van der Waals surface area contributed by atoms with Gasteiger partial charge in [-0.25, -0.2) is 14.5 Å². The summed E-state index contributed by atoms with van der Waals surface area (Å²) in [5, 5.41) is 8.20. The number of hydrogen-bond acceptors (Lipinski definition) is 9. The predicted octanol–water partition coefficient (Wildman–Crippen LogP) is 6.20. The molecule has 4 rings (SSSR count). The number of hydrogen-bond donors (Lipinski definition) is 1. The molecule has 0 saturated heterocycles. The smallest absolute Gasteiger partial charge is 0.410 e. The molecule has 47 heavy (non-hydrogen) atoms. The zero-order valence-electron chi connectivity index (χ0n) is 28.7. The molecule has 1 saturated carbocycles. The third-order valence-electron chi connectivity index (χ3n) is 6.58. The van der Waals surface area contributed by atoms with Crippen LogP contribution < -0.4 is 14.8 Å². The number of benzene rings is 1. The van der Waals surface area contributed by atoms with E-state index < -0.39 is 12.2 Å². The van der Waals surface area contributed by atoms with Crippen LogP contribution in [0.3, 0.4) is 0 Å². The van der Waals surface area contributed by atoms with Crippen LogP contribution in [0.25, 0.3) is 16.7 Å². The highest BCUT2D eigenvalue weighted by Gasteiger charge is 2.30. The van der Waals surface area contributed by atoms with Gasteiger partial charge in [-0.05, 0) is 57.2 Å². The van der Waals surface area contributed by atoms with Crippen LogP contribution in [0, 0.1) is 6.92 Å². The Hall–Kier alpha value is -4.87. The first kappa shape index (κ1) is 40.2. The molecular formula is C35H51N5O7. The highest BCUT2D eigenvalue weighted by Crippen LogP contribution is 2.30. The third-order valence-corrected chi connectivity index (χ3v) is 6.58. The van der Waals surface area contributed by atoms with Gasteiger partial charge in [0.15, 0.2) is 11.9 Å². The number of nitrogens with one attached hydrogen (secondary N) is 1. The van der Waals surface area contributed by atoms with E-state index in [1.165, 1.54) is 12.0 Å². The van der Waals surface area contributed by atoms with Crippen molar-refractivity contribution in [1.29, 1.82) is 0 Å². The van der Waals surface area contributed by atoms with Crippen molar-refractivity contribution in [3.8, 4) is 17.3 Å². The number of carbonyl (C=O) groups excluding carboxylic acids is 3. The van der Waals surface area contributed by atoms with Gasteiger partial charge in [0, 0.05) is 49.8 Å². The van der Waals surface area contributed by atoms with Gasteiger partial charge in [0.05, 0.1) is 32.0 Å². The molecule has 1 aliphatic rings. The van der Waals surface area contributed by atoms with Gasteiger partial charge >= 0.3 is 6.09 Å². The van der Waals surface area contributed by atoms with Crippen LogP contribution in [0.2, 0.25) is 0 Å². The van der Waals surface area contributed by atoms with Crippen molar-refractivity contribution in [2.24, 2.45) is 0 Å². The molecule has 1 N–H and O–H groups in total. The van der Waals surface area contributed by atoms with E-state index in [4.69, 9.17) is 24.0 Å². The van der Waals surface area contributed by atoms with E-state index in [1.807, 2.05) is 63.4 Å². The Kier molecular flexibility index (Phi) is 19.3. The molecule has 3 aromatic rings. The molecule has 1 unspecified atom stereocenters. The molecular weight excluding hydrogens is 602 g/mol. The fraction of sp³-hybridized carbons (Fsp3) is 0.457. The number of ether oxygens (including phenoxy) is 4. The molecule has 1 atom stereocenters. The number of aryl methyl sites for hydroxylation is 1. The summed E-state index contributed by atoms with van der Waals surface area (Å²) in [7, 11) is 4.59. The first-order chi connectivity index (χ1) is 22.8. The van der Waals surface area contributed by atoms with E-state index in [0.717, 1.165) is 43.2 Å². The standard InChI is InChI=1S/C29H37N5O5.C2H4O2.C2H6.C2H4/c1-5-6-7-8-15-33(3)29(36)39-25(28(35)30-21-9-10-21)14-17-38-26-19-27(34-16-13-20(2)32-34)31-24-18-22(37-4)11-12-23(24)26;1-4-2-3;2*1-2/h5,11-13,16,18-19,21,25H,1,6-10,14-15,17H2,2-4H3,(H,30,35);2H,1H3;1-2H3;1-2H2. The van der Waals surface area contributed by atoms with Crippen molar-refractivity contribution in [3.05, 3.63) is 68.0 Å².